The molecule has 0 unspecified atom stereocenters. The number of hydrogen-bond donors (Lipinski definition) is 1. The normalized spacial score (nSPS) is 10.7. The summed E-state index contributed by atoms with van der Waals surface area (Å²) in [5.74, 6) is -0.971. The third-order valence-corrected chi connectivity index (χ3v) is 5.50. The molecule has 1 aromatic heterocycles. The van der Waals surface area contributed by atoms with Crippen LogP contribution in [0.15, 0.2) is 88.8 Å². The van der Waals surface area contributed by atoms with Crippen LogP contribution in [0.4, 0.5) is 15.8 Å². The van der Waals surface area contributed by atoms with E-state index >= 15 is 0 Å². The first kappa shape index (κ1) is 19.5. The minimum atomic E-state index is -0.573. The molecule has 1 amide bonds. The third kappa shape index (κ3) is 3.99. The Bertz CT molecular complexity index is 1270. The number of nitrogens with zero attached hydrogens (tertiary/aromatic N) is 2. The summed E-state index contributed by atoms with van der Waals surface area (Å²) in [5.41, 5.74) is 1.09. The lowest BCUT2D eigenvalue weighted by atomic mass is 10.1. The predicted octanol–water partition coefficient (Wildman–Crippen LogP) is 5.69. The Labute approximate surface area is 174 Å². The van der Waals surface area contributed by atoms with Crippen molar-refractivity contribution in [2.75, 3.05) is 5.32 Å². The molecule has 0 saturated carbocycles. The lowest BCUT2D eigenvalue weighted by Crippen LogP contribution is -2.14. The van der Waals surface area contributed by atoms with Crippen LogP contribution in [0.3, 0.4) is 0 Å². The van der Waals surface area contributed by atoms with Gasteiger partial charge < -0.3 is 5.32 Å². The topological polar surface area (TPSA) is 85.1 Å². The van der Waals surface area contributed by atoms with Crippen LogP contribution in [0.25, 0.3) is 10.9 Å². The molecule has 0 bridgehead atoms. The summed E-state index contributed by atoms with van der Waals surface area (Å²) in [7, 11) is 0. The number of pyridine rings is 1. The Morgan fingerprint density at radius 3 is 2.63 bits per heavy atom. The van der Waals surface area contributed by atoms with E-state index in [0.717, 1.165) is 17.1 Å². The van der Waals surface area contributed by atoms with E-state index in [4.69, 9.17) is 0 Å². The number of carbonyl (C=O) groups is 1. The molecule has 0 saturated heterocycles. The van der Waals surface area contributed by atoms with Crippen LogP contribution in [-0.2, 0) is 0 Å². The van der Waals surface area contributed by atoms with Gasteiger partial charge in [-0.1, -0.05) is 30.0 Å². The van der Waals surface area contributed by atoms with Gasteiger partial charge in [0.1, 0.15) is 5.82 Å². The second-order valence-electron chi connectivity index (χ2n) is 6.30. The van der Waals surface area contributed by atoms with Crippen molar-refractivity contribution in [3.8, 4) is 0 Å². The summed E-state index contributed by atoms with van der Waals surface area (Å²) in [6.07, 6.45) is 1.65. The largest absolute Gasteiger partial charge is 0.321 e. The number of nitro benzene ring substituents is 1. The van der Waals surface area contributed by atoms with E-state index in [0.29, 0.717) is 21.0 Å². The molecule has 0 radical (unpaired) electrons. The number of rotatable bonds is 5. The number of halogens is 1. The number of anilines is 1. The number of hydrogen-bond acceptors (Lipinski definition) is 5. The van der Waals surface area contributed by atoms with Crippen LogP contribution < -0.4 is 5.32 Å². The number of nitrogens with one attached hydrogen (secondary N) is 1. The Balaban J connectivity index is 1.73. The van der Waals surface area contributed by atoms with Gasteiger partial charge in [-0.25, -0.2) is 4.39 Å². The Kier molecular flexibility index (Phi) is 5.40. The van der Waals surface area contributed by atoms with Crippen LogP contribution in [0.1, 0.15) is 10.4 Å². The first-order chi connectivity index (χ1) is 14.5. The highest BCUT2D eigenvalue weighted by atomic mass is 32.2. The van der Waals surface area contributed by atoms with Crippen molar-refractivity contribution in [2.24, 2.45) is 0 Å². The molecule has 6 nitrogen and oxygen atoms in total. The van der Waals surface area contributed by atoms with Crippen LogP contribution >= 0.6 is 11.8 Å². The molecule has 0 aliphatic carbocycles. The second-order valence-corrected chi connectivity index (χ2v) is 7.38. The summed E-state index contributed by atoms with van der Waals surface area (Å²) in [6.45, 7) is 0. The molecule has 8 heteroatoms. The number of nitro groups is 1. The molecule has 30 heavy (non-hydrogen) atoms. The molecule has 148 valence electrons. The molecule has 0 fully saturated rings. The number of non-ortho nitro benzene ring substituents is 1. The molecule has 0 atom stereocenters. The summed E-state index contributed by atoms with van der Waals surface area (Å²) >= 11 is 1.03. The number of benzene rings is 3. The molecule has 0 spiro atoms. The van der Waals surface area contributed by atoms with Gasteiger partial charge in [0.15, 0.2) is 0 Å². The quantitative estimate of drug-likeness (QED) is 0.332. The zero-order valence-corrected chi connectivity index (χ0v) is 16.2. The van der Waals surface area contributed by atoms with Gasteiger partial charge in [-0.2, -0.15) is 0 Å². The Hall–Kier alpha value is -3.78. The molecular weight excluding hydrogens is 405 g/mol. The van der Waals surface area contributed by atoms with Crippen molar-refractivity contribution in [3.63, 3.8) is 0 Å². The van der Waals surface area contributed by atoms with Crippen molar-refractivity contribution in [3.05, 3.63) is 100 Å². The molecule has 4 aromatic rings. The molecule has 1 heterocycles. The van der Waals surface area contributed by atoms with Gasteiger partial charge in [0.25, 0.3) is 11.6 Å². The minimum absolute atomic E-state index is 0.0818. The van der Waals surface area contributed by atoms with E-state index in [9.17, 15) is 19.3 Å². The molecule has 4 rings (SSSR count). The SMILES string of the molecule is O=C(Nc1cccc2ncccc12)c1cc([N+](=O)[O-])ccc1Sc1ccccc1F. The highest BCUT2D eigenvalue weighted by molar-refractivity contribution is 7.99. The van der Waals surface area contributed by atoms with Gasteiger partial charge in [-0.3, -0.25) is 19.9 Å². The number of fused-ring (bicyclic) bond motifs is 1. The fraction of sp³-hybridized carbons (Fsp3) is 0. The van der Waals surface area contributed by atoms with Gasteiger partial charge in [0.2, 0.25) is 0 Å². The van der Waals surface area contributed by atoms with E-state index in [1.807, 2.05) is 12.1 Å². The van der Waals surface area contributed by atoms with Crippen LogP contribution in [0.5, 0.6) is 0 Å². The number of amides is 1. The van der Waals surface area contributed by atoms with Crippen molar-refractivity contribution in [1.29, 1.82) is 0 Å². The Morgan fingerprint density at radius 1 is 1.00 bits per heavy atom. The highest BCUT2D eigenvalue weighted by Crippen LogP contribution is 2.34. The van der Waals surface area contributed by atoms with E-state index < -0.39 is 16.6 Å². The van der Waals surface area contributed by atoms with E-state index in [1.165, 1.54) is 24.3 Å². The van der Waals surface area contributed by atoms with Crippen molar-refractivity contribution in [2.45, 2.75) is 9.79 Å². The van der Waals surface area contributed by atoms with Crippen molar-refractivity contribution >= 4 is 39.9 Å². The van der Waals surface area contributed by atoms with Crippen molar-refractivity contribution in [1.82, 2.24) is 4.98 Å². The average molecular weight is 419 g/mol. The highest BCUT2D eigenvalue weighted by Gasteiger charge is 2.19. The zero-order chi connectivity index (χ0) is 21.1. The molecular formula is C22H14FN3O3S. The first-order valence-corrected chi connectivity index (χ1v) is 9.70. The van der Waals surface area contributed by atoms with Crippen LogP contribution in [0.2, 0.25) is 0 Å². The second kappa shape index (κ2) is 8.30. The number of aromatic nitrogens is 1. The summed E-state index contributed by atoms with van der Waals surface area (Å²) < 4.78 is 14.1. The number of carbonyl (C=O) groups excluding carboxylic acids is 1. The van der Waals surface area contributed by atoms with Crippen LogP contribution in [-0.4, -0.2) is 15.8 Å². The third-order valence-electron chi connectivity index (χ3n) is 4.37. The molecule has 0 aliphatic heterocycles. The van der Waals surface area contributed by atoms with E-state index in [2.05, 4.69) is 10.3 Å². The standard InChI is InChI=1S/C22H14FN3O3S/c23-17-6-1-2-9-21(17)30-20-11-10-14(26(28)29)13-16(20)22(27)25-19-8-3-7-18-15(19)5-4-12-24-18/h1-13H,(H,25,27). The van der Waals surface area contributed by atoms with Gasteiger partial charge in [-0.15, -0.1) is 0 Å². The lowest BCUT2D eigenvalue weighted by molar-refractivity contribution is -0.384. The maximum atomic E-state index is 14.1. The fourth-order valence-electron chi connectivity index (χ4n) is 2.95. The van der Waals surface area contributed by atoms with E-state index in [1.54, 1.807) is 42.6 Å². The molecule has 1 N–H and O–H groups in total. The van der Waals surface area contributed by atoms with Gasteiger partial charge in [0.05, 0.1) is 21.7 Å². The zero-order valence-electron chi connectivity index (χ0n) is 15.4. The fourth-order valence-corrected chi connectivity index (χ4v) is 3.89. The van der Waals surface area contributed by atoms with Gasteiger partial charge in [0, 0.05) is 33.5 Å². The smallest absolute Gasteiger partial charge is 0.270 e. The molecule has 0 aliphatic rings. The van der Waals surface area contributed by atoms with Crippen molar-refractivity contribution < 1.29 is 14.1 Å². The van der Waals surface area contributed by atoms with Gasteiger partial charge in [-0.05, 0) is 42.5 Å². The predicted molar refractivity (Wildman–Crippen MR) is 113 cm³/mol. The summed E-state index contributed by atoms with van der Waals surface area (Å²) in [4.78, 5) is 28.7. The van der Waals surface area contributed by atoms with E-state index in [-0.39, 0.29) is 11.3 Å². The minimum Gasteiger partial charge on any atom is -0.321 e. The molecule has 3 aromatic carbocycles. The summed E-state index contributed by atoms with van der Waals surface area (Å²) in [5, 5.41) is 14.8. The lowest BCUT2D eigenvalue weighted by Gasteiger charge is -2.12. The first-order valence-electron chi connectivity index (χ1n) is 8.89. The average Bonchev–Trinajstić information content (AvgIpc) is 2.75. The van der Waals surface area contributed by atoms with Gasteiger partial charge >= 0.3 is 0 Å². The van der Waals surface area contributed by atoms with Crippen LogP contribution in [0, 0.1) is 15.9 Å². The Morgan fingerprint density at radius 2 is 1.83 bits per heavy atom. The maximum Gasteiger partial charge on any atom is 0.270 e. The maximum absolute atomic E-state index is 14.1. The monoisotopic (exact) mass is 419 g/mol. The summed E-state index contributed by atoms with van der Waals surface area (Å²) in [6, 6.07) is 19.0.